The molecule has 0 bridgehead atoms. The number of esters is 1. The van der Waals surface area contributed by atoms with E-state index in [1.54, 1.807) is 11.8 Å². The van der Waals surface area contributed by atoms with Crippen LogP contribution in [0.5, 0.6) is 5.75 Å². The maximum atomic E-state index is 12.7. The normalized spacial score (nSPS) is 17.6. The van der Waals surface area contributed by atoms with E-state index in [0.29, 0.717) is 24.5 Å². The maximum absolute atomic E-state index is 12.7. The summed E-state index contributed by atoms with van der Waals surface area (Å²) in [5.41, 5.74) is 3.33. The molecule has 0 N–H and O–H groups in total. The number of aliphatic imine (C=N–C) groups is 1. The van der Waals surface area contributed by atoms with E-state index >= 15 is 0 Å². The minimum Gasteiger partial charge on any atom is -0.489 e. The van der Waals surface area contributed by atoms with Crippen LogP contribution in [0.3, 0.4) is 0 Å². The SMILES string of the molecule is CCOC(=O)C1=C(C)N=C2SC=CN2[C@H]1c1ccc(OCc2ccc(Br)cc2)cc1. The number of ether oxygens (including phenoxy) is 2. The van der Waals surface area contributed by atoms with Crippen molar-refractivity contribution >= 4 is 38.8 Å². The molecule has 0 unspecified atom stereocenters. The highest BCUT2D eigenvalue weighted by atomic mass is 79.9. The van der Waals surface area contributed by atoms with Crippen LogP contribution in [0.25, 0.3) is 0 Å². The summed E-state index contributed by atoms with van der Waals surface area (Å²) in [7, 11) is 0. The molecule has 0 aromatic heterocycles. The number of allylic oxidation sites excluding steroid dienone is 1. The van der Waals surface area contributed by atoms with Crippen molar-refractivity contribution < 1.29 is 14.3 Å². The summed E-state index contributed by atoms with van der Waals surface area (Å²) in [6.07, 6.45) is 1.96. The molecule has 154 valence electrons. The average molecular weight is 485 g/mol. The molecule has 2 aliphatic rings. The third-order valence-corrected chi connectivity index (χ3v) is 6.13. The Balaban J connectivity index is 1.56. The van der Waals surface area contributed by atoms with Crippen molar-refractivity contribution in [3.8, 4) is 5.75 Å². The lowest BCUT2D eigenvalue weighted by Crippen LogP contribution is -2.34. The first-order chi connectivity index (χ1) is 14.6. The smallest absolute Gasteiger partial charge is 0.338 e. The summed E-state index contributed by atoms with van der Waals surface area (Å²) in [5, 5.41) is 2.84. The van der Waals surface area contributed by atoms with Gasteiger partial charge >= 0.3 is 5.97 Å². The topological polar surface area (TPSA) is 51.1 Å². The van der Waals surface area contributed by atoms with Gasteiger partial charge in [-0.3, -0.25) is 0 Å². The monoisotopic (exact) mass is 484 g/mol. The largest absolute Gasteiger partial charge is 0.489 e. The standard InChI is InChI=1S/C23H21BrN2O3S/c1-3-28-22(27)20-15(2)25-23-26(12-13-30-23)21(20)17-6-10-19(11-7-17)29-14-16-4-8-18(24)9-5-16/h4-13,21H,3,14H2,1-2H3/t21-/m0/s1. The summed E-state index contributed by atoms with van der Waals surface area (Å²) in [5.74, 6) is 0.444. The number of hydrogen-bond acceptors (Lipinski definition) is 6. The van der Waals surface area contributed by atoms with Crippen LogP contribution in [0, 0.1) is 0 Å². The fourth-order valence-corrected chi connectivity index (χ4v) is 4.45. The Morgan fingerprint density at radius 2 is 1.90 bits per heavy atom. The van der Waals surface area contributed by atoms with E-state index < -0.39 is 0 Å². The van der Waals surface area contributed by atoms with Gasteiger partial charge in [-0.25, -0.2) is 9.79 Å². The van der Waals surface area contributed by atoms with Gasteiger partial charge in [0.05, 0.1) is 23.9 Å². The second-order valence-corrected chi connectivity index (χ2v) is 8.60. The van der Waals surface area contributed by atoms with Crippen LogP contribution >= 0.6 is 27.7 Å². The van der Waals surface area contributed by atoms with Crippen LogP contribution in [0.15, 0.2) is 80.9 Å². The minimum absolute atomic E-state index is 0.275. The average Bonchev–Trinajstić information content (AvgIpc) is 3.21. The van der Waals surface area contributed by atoms with Crippen molar-refractivity contribution in [2.75, 3.05) is 6.61 Å². The lowest BCUT2D eigenvalue weighted by atomic mass is 9.95. The number of amidine groups is 1. The first-order valence-corrected chi connectivity index (χ1v) is 11.3. The van der Waals surface area contributed by atoms with Gasteiger partial charge in [-0.05, 0) is 54.6 Å². The molecule has 30 heavy (non-hydrogen) atoms. The van der Waals surface area contributed by atoms with Gasteiger partial charge < -0.3 is 14.4 Å². The van der Waals surface area contributed by atoms with Gasteiger partial charge in [0.2, 0.25) is 0 Å². The molecule has 1 atom stereocenters. The van der Waals surface area contributed by atoms with Crippen LogP contribution in [-0.4, -0.2) is 22.6 Å². The van der Waals surface area contributed by atoms with Gasteiger partial charge in [0.25, 0.3) is 0 Å². The quantitative estimate of drug-likeness (QED) is 0.485. The second-order valence-electron chi connectivity index (χ2n) is 6.81. The van der Waals surface area contributed by atoms with Crippen LogP contribution in [-0.2, 0) is 16.1 Å². The van der Waals surface area contributed by atoms with Crippen molar-refractivity contribution in [3.05, 3.63) is 87.0 Å². The molecular formula is C23H21BrN2O3S. The molecule has 2 aromatic carbocycles. The molecule has 2 aromatic rings. The summed E-state index contributed by atoms with van der Waals surface area (Å²) >= 11 is 4.99. The predicted molar refractivity (Wildman–Crippen MR) is 123 cm³/mol. The van der Waals surface area contributed by atoms with E-state index in [2.05, 4.69) is 20.9 Å². The molecule has 0 spiro atoms. The highest BCUT2D eigenvalue weighted by molar-refractivity contribution is 9.10. The first kappa shape index (κ1) is 20.8. The van der Waals surface area contributed by atoms with Gasteiger partial charge in [0, 0.05) is 10.7 Å². The predicted octanol–water partition coefficient (Wildman–Crippen LogP) is 5.80. The number of nitrogens with zero attached hydrogens (tertiary/aromatic N) is 2. The zero-order valence-corrected chi connectivity index (χ0v) is 19.1. The van der Waals surface area contributed by atoms with Crippen molar-refractivity contribution in [3.63, 3.8) is 0 Å². The molecule has 0 saturated heterocycles. The van der Waals surface area contributed by atoms with Crippen LogP contribution in [0.1, 0.15) is 31.0 Å². The number of carbonyl (C=O) groups is 1. The number of thioether (sulfide) groups is 1. The summed E-state index contributed by atoms with van der Waals surface area (Å²) in [6.45, 7) is 4.49. The van der Waals surface area contributed by atoms with E-state index in [0.717, 1.165) is 26.5 Å². The van der Waals surface area contributed by atoms with Gasteiger partial charge in [-0.2, -0.15) is 0 Å². The Bertz CT molecular complexity index is 1030. The van der Waals surface area contributed by atoms with E-state index in [1.807, 2.05) is 78.9 Å². The molecule has 0 amide bonds. The zero-order chi connectivity index (χ0) is 21.1. The van der Waals surface area contributed by atoms with Crippen molar-refractivity contribution in [2.24, 2.45) is 4.99 Å². The van der Waals surface area contributed by atoms with Gasteiger partial charge in [0.15, 0.2) is 5.17 Å². The Labute approximate surface area is 188 Å². The number of rotatable bonds is 6. The number of hydrogen-bond donors (Lipinski definition) is 0. The molecule has 0 radical (unpaired) electrons. The van der Waals surface area contributed by atoms with Crippen molar-refractivity contribution in [2.45, 2.75) is 26.5 Å². The van der Waals surface area contributed by atoms with E-state index in [1.165, 1.54) is 0 Å². The zero-order valence-electron chi connectivity index (χ0n) is 16.7. The number of benzene rings is 2. The first-order valence-electron chi connectivity index (χ1n) is 9.62. The van der Waals surface area contributed by atoms with E-state index in [9.17, 15) is 4.79 Å². The lowest BCUT2D eigenvalue weighted by Gasteiger charge is -2.33. The lowest BCUT2D eigenvalue weighted by molar-refractivity contribution is -0.139. The summed E-state index contributed by atoms with van der Waals surface area (Å²) < 4.78 is 12.3. The Morgan fingerprint density at radius 1 is 1.17 bits per heavy atom. The van der Waals surface area contributed by atoms with Gasteiger partial charge in [-0.15, -0.1) is 0 Å². The molecule has 5 nitrogen and oxygen atoms in total. The molecule has 0 saturated carbocycles. The Kier molecular flexibility index (Phi) is 6.29. The van der Waals surface area contributed by atoms with Crippen LogP contribution in [0.4, 0.5) is 0 Å². The van der Waals surface area contributed by atoms with E-state index in [4.69, 9.17) is 9.47 Å². The summed E-state index contributed by atoms with van der Waals surface area (Å²) in [6, 6.07) is 15.6. The molecular weight excluding hydrogens is 464 g/mol. The molecule has 0 aliphatic carbocycles. The number of halogens is 1. The van der Waals surface area contributed by atoms with E-state index in [-0.39, 0.29) is 12.0 Å². The maximum Gasteiger partial charge on any atom is 0.338 e. The van der Waals surface area contributed by atoms with Crippen LogP contribution in [0.2, 0.25) is 0 Å². The van der Waals surface area contributed by atoms with Gasteiger partial charge in [0.1, 0.15) is 12.4 Å². The Hall–Kier alpha value is -2.51. The fourth-order valence-electron chi connectivity index (χ4n) is 3.39. The second kappa shape index (κ2) is 9.10. The third kappa shape index (κ3) is 4.32. The van der Waals surface area contributed by atoms with Crippen LogP contribution < -0.4 is 4.74 Å². The molecule has 0 fully saturated rings. The third-order valence-electron chi connectivity index (χ3n) is 4.83. The highest BCUT2D eigenvalue weighted by Crippen LogP contribution is 2.41. The summed E-state index contributed by atoms with van der Waals surface area (Å²) in [4.78, 5) is 19.3. The molecule has 2 heterocycles. The van der Waals surface area contributed by atoms with Crippen molar-refractivity contribution in [1.82, 2.24) is 4.90 Å². The van der Waals surface area contributed by atoms with Crippen molar-refractivity contribution in [1.29, 1.82) is 0 Å². The fraction of sp³-hybridized carbons (Fsp3) is 0.217. The minimum atomic E-state index is -0.330. The number of fused-ring (bicyclic) bond motifs is 1. The molecule has 4 rings (SSSR count). The highest BCUT2D eigenvalue weighted by Gasteiger charge is 2.37. The Morgan fingerprint density at radius 3 is 2.60 bits per heavy atom. The number of carbonyl (C=O) groups excluding carboxylic acids is 1. The molecule has 2 aliphatic heterocycles. The van der Waals surface area contributed by atoms with Gasteiger partial charge in [-0.1, -0.05) is 52.0 Å². The molecule has 7 heteroatoms.